The third kappa shape index (κ3) is 19.9. The van der Waals surface area contributed by atoms with E-state index in [1.807, 2.05) is 5.32 Å². The zero-order chi connectivity index (χ0) is 53.5. The molecule has 0 aromatic heterocycles. The Labute approximate surface area is 413 Å². The number of aliphatic hydroxyl groups excluding tert-OH is 3. The fourth-order valence-electron chi connectivity index (χ4n) is 7.61. The van der Waals surface area contributed by atoms with Crippen molar-refractivity contribution in [3.8, 4) is 0 Å². The van der Waals surface area contributed by atoms with Crippen LogP contribution in [0.15, 0.2) is 0 Å². The van der Waals surface area contributed by atoms with Crippen LogP contribution in [0, 0.1) is 5.92 Å². The lowest BCUT2D eigenvalue weighted by atomic mass is 10.0. The highest BCUT2D eigenvalue weighted by Crippen LogP contribution is 2.25. The maximum absolute atomic E-state index is 14.0. The number of primary amides is 2. The van der Waals surface area contributed by atoms with Crippen LogP contribution in [0.4, 0.5) is 0 Å². The second-order valence-corrected chi connectivity index (χ2v) is 18.4. The zero-order valence-electron chi connectivity index (χ0n) is 40.0. The van der Waals surface area contributed by atoms with Crippen LogP contribution in [0.25, 0.3) is 0 Å². The topological polar surface area (TPSA) is 455 Å². The van der Waals surface area contributed by atoms with E-state index in [1.54, 1.807) is 20.1 Å². The smallest absolute Gasteiger partial charge is 0.328 e. The lowest BCUT2D eigenvalue weighted by Crippen LogP contribution is -2.61. The third-order valence-corrected chi connectivity index (χ3v) is 12.1. The molecule has 0 unspecified atom stereocenters. The molecule has 0 saturated carbocycles. The summed E-state index contributed by atoms with van der Waals surface area (Å²) in [4.78, 5) is 157. The first kappa shape index (κ1) is 61.0. The first-order valence-electron chi connectivity index (χ1n) is 23.1. The van der Waals surface area contributed by atoms with Gasteiger partial charge in [-0.15, -0.1) is 0 Å². The van der Waals surface area contributed by atoms with Gasteiger partial charge in [-0.25, -0.2) is 4.79 Å². The molecule has 0 bridgehead atoms. The monoisotopic (exact) mass is 1030 g/mol. The number of aliphatic hydroxyl groups is 3. The van der Waals surface area contributed by atoms with Crippen LogP contribution in [-0.4, -0.2) is 207 Å². The number of carboxylic acid groups (broad SMARTS) is 1. The van der Waals surface area contributed by atoms with E-state index in [-0.39, 0.29) is 51.1 Å². The molecular weight excluding hydrogens is 961 g/mol. The molecule has 2 aliphatic rings. The fraction of sp³-hybridized carbons (Fsp3) is 0.714. The van der Waals surface area contributed by atoms with Crippen molar-refractivity contribution in [2.75, 3.05) is 51.5 Å². The average molecular weight is 1030 g/mol. The molecule has 400 valence electrons. The molecule has 2 fully saturated rings. The average Bonchev–Trinajstić information content (AvgIpc) is 4.03. The number of rotatable bonds is 31. The van der Waals surface area contributed by atoms with Crippen molar-refractivity contribution >= 4 is 82.7 Å². The number of amides is 11. The summed E-state index contributed by atoms with van der Waals surface area (Å²) in [6.45, 7) is 0.317. The second-order valence-electron chi connectivity index (χ2n) is 17.4. The van der Waals surface area contributed by atoms with Crippen LogP contribution in [0.1, 0.15) is 78.1 Å². The lowest BCUT2D eigenvalue weighted by molar-refractivity contribution is -0.147. The van der Waals surface area contributed by atoms with E-state index in [0.717, 1.165) is 0 Å². The van der Waals surface area contributed by atoms with E-state index < -0.39 is 165 Å². The van der Waals surface area contributed by atoms with E-state index in [9.17, 15) is 78.0 Å². The van der Waals surface area contributed by atoms with E-state index in [2.05, 4.69) is 31.9 Å². The Hall–Kier alpha value is -6.17. The molecule has 29 heteroatoms. The van der Waals surface area contributed by atoms with Gasteiger partial charge in [-0.1, -0.05) is 13.8 Å². The molecule has 0 aromatic carbocycles. The summed E-state index contributed by atoms with van der Waals surface area (Å²) in [5.41, 5.74) is 16.1. The first-order valence-corrected chi connectivity index (χ1v) is 24.5. The zero-order valence-corrected chi connectivity index (χ0v) is 40.8. The van der Waals surface area contributed by atoms with Crippen molar-refractivity contribution in [1.29, 1.82) is 0 Å². The van der Waals surface area contributed by atoms with Gasteiger partial charge >= 0.3 is 5.97 Å². The minimum Gasteiger partial charge on any atom is -0.480 e. The quantitative estimate of drug-likeness (QED) is 0.0307. The molecule has 0 aliphatic carbocycles. The van der Waals surface area contributed by atoms with Gasteiger partial charge in [-0.2, -0.15) is 11.8 Å². The van der Waals surface area contributed by atoms with Gasteiger partial charge in [0.25, 0.3) is 0 Å². The van der Waals surface area contributed by atoms with Crippen molar-refractivity contribution in [3.63, 3.8) is 0 Å². The van der Waals surface area contributed by atoms with Crippen LogP contribution < -0.4 is 54.4 Å². The summed E-state index contributed by atoms with van der Waals surface area (Å²) in [6, 6.07) is -12.7. The molecule has 0 aromatic rings. The third-order valence-electron chi connectivity index (χ3n) is 11.5. The van der Waals surface area contributed by atoms with Gasteiger partial charge in [0.05, 0.1) is 32.4 Å². The highest BCUT2D eigenvalue weighted by Gasteiger charge is 2.43. The molecule has 2 heterocycles. The number of hydrogen-bond donors (Lipinski definition) is 14. The Bertz CT molecular complexity index is 1930. The summed E-state index contributed by atoms with van der Waals surface area (Å²) in [5.74, 6) is -10.8. The molecule has 9 atom stereocenters. The lowest BCUT2D eigenvalue weighted by Gasteiger charge is -2.32. The highest BCUT2D eigenvalue weighted by atomic mass is 32.2. The van der Waals surface area contributed by atoms with Crippen LogP contribution in [0.5, 0.6) is 0 Å². The summed E-state index contributed by atoms with van der Waals surface area (Å²) in [5, 5.41) is 54.9. The molecule has 0 spiro atoms. The molecule has 0 radical (unpaired) electrons. The van der Waals surface area contributed by atoms with Gasteiger partial charge in [0.2, 0.25) is 65.0 Å². The van der Waals surface area contributed by atoms with E-state index in [1.165, 1.54) is 21.6 Å². The van der Waals surface area contributed by atoms with Crippen molar-refractivity contribution in [2.24, 2.45) is 23.1 Å². The number of carbonyl (C=O) groups excluding carboxylic acids is 11. The van der Waals surface area contributed by atoms with Crippen molar-refractivity contribution in [2.45, 2.75) is 132 Å². The number of nitrogens with two attached hydrogens (primary N) is 3. The number of aliphatic carboxylic acids is 1. The van der Waals surface area contributed by atoms with Gasteiger partial charge in [-0.05, 0) is 69.3 Å². The Morgan fingerprint density at radius 1 is 0.592 bits per heavy atom. The Morgan fingerprint density at radius 2 is 1.04 bits per heavy atom. The number of likely N-dealkylation sites (tertiary alicyclic amines) is 2. The summed E-state index contributed by atoms with van der Waals surface area (Å²) in [6.07, 6.45) is 2.14. The van der Waals surface area contributed by atoms with Gasteiger partial charge in [0, 0.05) is 25.9 Å². The number of nitrogens with one attached hydrogen (secondary N) is 7. The number of carbonyl (C=O) groups is 12. The molecule has 28 nitrogen and oxygen atoms in total. The van der Waals surface area contributed by atoms with Gasteiger partial charge in [0.1, 0.15) is 48.3 Å². The summed E-state index contributed by atoms with van der Waals surface area (Å²) >= 11 is 1.31. The molecule has 17 N–H and O–H groups in total. The summed E-state index contributed by atoms with van der Waals surface area (Å²) < 4.78 is 0. The highest BCUT2D eigenvalue weighted by molar-refractivity contribution is 7.98. The molecule has 2 aliphatic heterocycles. The predicted octanol–water partition coefficient (Wildman–Crippen LogP) is -7.29. The Morgan fingerprint density at radius 3 is 1.54 bits per heavy atom. The largest absolute Gasteiger partial charge is 0.480 e. The number of nitrogens with zero attached hydrogens (tertiary/aromatic N) is 2. The molecule has 71 heavy (non-hydrogen) atoms. The minimum atomic E-state index is -1.84. The first-order chi connectivity index (χ1) is 33.5. The Kier molecular flexibility index (Phi) is 26.2. The standard InChI is InChI=1S/C42H70N12O16S/c1-21(2)16-25(49-40(67)29-6-4-14-54(29)41(68)30-7-5-13-53(30)33(60)17-46-34(61)22(43)8-10-31(44)58)37(64)48-24(12-15-71-3)36(63)50-27(19-56)39(66)51-26(18-55)38(65)47-23(9-11-32(45)59)35(62)52-28(20-57)42(69)70/h21-30,55-57H,4-20,43H2,1-3H3,(H2,44,58)(H2,45,59)(H,46,61)(H,47,65)(H,48,64)(H,49,67)(H,50,63)(H,51,66)(H,52,62)(H,69,70)/t22-,23-,24-,25-,26-,27-,28-,29-,30-/m0/s1. The SMILES string of the molecule is CSCC[C@H](NC(=O)[C@H](CC(C)C)NC(=O)[C@@H]1CCCN1C(=O)[C@@H]1CCCN1C(=O)CNC(=O)[C@@H](N)CCC(N)=O)C(=O)N[C@@H](CO)C(=O)N[C@@H](CO)C(=O)N[C@@H](CCC(N)=O)C(=O)N[C@@H](CO)C(=O)O. The van der Waals surface area contributed by atoms with E-state index in [4.69, 9.17) is 17.2 Å². The van der Waals surface area contributed by atoms with Crippen LogP contribution in [0.3, 0.4) is 0 Å². The summed E-state index contributed by atoms with van der Waals surface area (Å²) in [7, 11) is 0. The van der Waals surface area contributed by atoms with Gasteiger partial charge in [-0.3, -0.25) is 52.7 Å². The second kappa shape index (κ2) is 30.5. The fourth-order valence-corrected chi connectivity index (χ4v) is 8.08. The molecule has 2 rings (SSSR count). The minimum absolute atomic E-state index is 0.0103. The molecular formula is C42H70N12O16S. The molecule has 11 amide bonds. The number of carboxylic acids is 1. The molecule has 2 saturated heterocycles. The van der Waals surface area contributed by atoms with Gasteiger partial charge < -0.3 is 84.6 Å². The number of thioether (sulfide) groups is 1. The van der Waals surface area contributed by atoms with E-state index in [0.29, 0.717) is 25.0 Å². The maximum Gasteiger partial charge on any atom is 0.328 e. The van der Waals surface area contributed by atoms with Gasteiger partial charge in [0.15, 0.2) is 0 Å². The van der Waals surface area contributed by atoms with Crippen molar-refractivity contribution in [3.05, 3.63) is 0 Å². The van der Waals surface area contributed by atoms with E-state index >= 15 is 0 Å². The Balaban J connectivity index is 2.17. The predicted molar refractivity (Wildman–Crippen MR) is 250 cm³/mol. The number of hydrogen-bond acceptors (Lipinski definition) is 17. The maximum atomic E-state index is 14.0. The van der Waals surface area contributed by atoms with Crippen molar-refractivity contribution < 1.29 is 78.0 Å². The van der Waals surface area contributed by atoms with Crippen molar-refractivity contribution in [1.82, 2.24) is 47.0 Å². The van der Waals surface area contributed by atoms with Crippen LogP contribution in [-0.2, 0) is 57.5 Å². The normalized spacial score (nSPS) is 18.4. The van der Waals surface area contributed by atoms with Crippen LogP contribution in [0.2, 0.25) is 0 Å². The van der Waals surface area contributed by atoms with Crippen LogP contribution >= 0.6 is 11.8 Å².